The van der Waals surface area contributed by atoms with E-state index < -0.39 is 35.0 Å². The summed E-state index contributed by atoms with van der Waals surface area (Å²) in [6.07, 6.45) is 2.67. The van der Waals surface area contributed by atoms with Crippen molar-refractivity contribution in [2.75, 3.05) is 12.0 Å². The molecule has 4 aliphatic rings. The zero-order valence-electron chi connectivity index (χ0n) is 24.1. The van der Waals surface area contributed by atoms with E-state index in [1.807, 2.05) is 73.7 Å². The number of phenolic OH excluding ortho intramolecular Hbond substituents is 1. The minimum Gasteiger partial charge on any atom is -0.508 e. The van der Waals surface area contributed by atoms with Gasteiger partial charge in [0.25, 0.3) is 11.8 Å². The second kappa shape index (κ2) is 9.93. The van der Waals surface area contributed by atoms with Crippen molar-refractivity contribution in [3.63, 3.8) is 0 Å². The molecule has 0 unspecified atom stereocenters. The molecular weight excluding hydrogens is 542 g/mol. The van der Waals surface area contributed by atoms with Gasteiger partial charge >= 0.3 is 0 Å². The fourth-order valence-electron chi connectivity index (χ4n) is 8.20. The Hall–Kier alpha value is -4.72. The molecule has 0 radical (unpaired) electrons. The van der Waals surface area contributed by atoms with Crippen molar-refractivity contribution < 1.29 is 24.3 Å². The Morgan fingerprint density at radius 1 is 0.884 bits per heavy atom. The normalized spacial score (nSPS) is 29.7. The number of aryl methyl sites for hydroxylation is 1. The van der Waals surface area contributed by atoms with Crippen LogP contribution in [0.25, 0.3) is 0 Å². The van der Waals surface area contributed by atoms with Gasteiger partial charge in [0.15, 0.2) is 0 Å². The molecule has 7 rings (SSSR count). The van der Waals surface area contributed by atoms with Crippen LogP contribution in [0.1, 0.15) is 42.4 Å². The number of carbonyl (C=O) groups excluding carboxylic acids is 4. The predicted octanol–water partition coefficient (Wildman–Crippen LogP) is 4.71. The van der Waals surface area contributed by atoms with Crippen LogP contribution < -0.4 is 5.43 Å². The van der Waals surface area contributed by atoms with E-state index in [1.54, 1.807) is 25.1 Å². The van der Waals surface area contributed by atoms with Gasteiger partial charge in [0.05, 0.1) is 28.9 Å². The molecular formula is C35H33N3O5. The van der Waals surface area contributed by atoms with Gasteiger partial charge < -0.3 is 5.11 Å². The smallest absolute Gasteiger partial charge is 0.260 e. The zero-order chi connectivity index (χ0) is 30.0. The van der Waals surface area contributed by atoms with Gasteiger partial charge in [0.1, 0.15) is 5.75 Å². The van der Waals surface area contributed by atoms with Crippen LogP contribution in [0.4, 0.5) is 5.69 Å². The molecule has 2 N–H and O–H groups in total. The van der Waals surface area contributed by atoms with Crippen molar-refractivity contribution in [2.24, 2.45) is 23.7 Å². The Kier molecular flexibility index (Phi) is 6.27. The number of imide groups is 2. The predicted molar refractivity (Wildman–Crippen MR) is 159 cm³/mol. The maximum Gasteiger partial charge on any atom is 0.260 e. The molecule has 218 valence electrons. The highest BCUT2D eigenvalue weighted by atomic mass is 16.3. The van der Waals surface area contributed by atoms with Crippen molar-refractivity contribution in [3.8, 4) is 5.75 Å². The number of amides is 4. The molecule has 2 heterocycles. The Morgan fingerprint density at radius 3 is 2.33 bits per heavy atom. The quantitative estimate of drug-likeness (QED) is 0.337. The van der Waals surface area contributed by atoms with Gasteiger partial charge in [-0.1, -0.05) is 71.8 Å². The minimum absolute atomic E-state index is 0.0457. The number of fused-ring (bicyclic) bond motifs is 4. The second-order valence-corrected chi connectivity index (χ2v) is 12.1. The number of benzene rings is 3. The van der Waals surface area contributed by atoms with Gasteiger partial charge in [0, 0.05) is 12.5 Å². The van der Waals surface area contributed by atoms with Crippen LogP contribution in [-0.2, 0) is 24.6 Å². The van der Waals surface area contributed by atoms with Gasteiger partial charge in [-0.2, -0.15) is 5.01 Å². The maximum atomic E-state index is 15.0. The summed E-state index contributed by atoms with van der Waals surface area (Å²) in [5.41, 5.74) is 5.68. The molecule has 4 amide bonds. The first-order valence-electron chi connectivity index (χ1n) is 14.9. The number of nitrogens with zero attached hydrogens (tertiary/aromatic N) is 2. The monoisotopic (exact) mass is 575 g/mol. The lowest BCUT2D eigenvalue weighted by Gasteiger charge is -2.50. The highest BCUT2D eigenvalue weighted by molar-refractivity contribution is 6.13. The molecule has 2 aliphatic carbocycles. The Labute approximate surface area is 250 Å². The highest BCUT2D eigenvalue weighted by Gasteiger charge is 2.70. The number of rotatable bonds is 5. The lowest BCUT2D eigenvalue weighted by Crippen LogP contribution is -2.53. The largest absolute Gasteiger partial charge is 0.508 e. The SMILES string of the molecule is CCN1C(=O)[C@H]2[C@H](CC=C3[C@H]2C[C@H]2C(=O)N(Nc4ccc(C)cc4)C(=O)[C@@]2(c2ccccc2)[C@H]3c2cccc(O)c2)C1=O. The van der Waals surface area contributed by atoms with E-state index in [1.165, 1.54) is 4.90 Å². The molecule has 3 fully saturated rings. The summed E-state index contributed by atoms with van der Waals surface area (Å²) in [5, 5.41) is 11.8. The van der Waals surface area contributed by atoms with Gasteiger partial charge in [-0.05, 0) is 68.0 Å². The summed E-state index contributed by atoms with van der Waals surface area (Å²) in [4.78, 5) is 57.8. The molecule has 0 bridgehead atoms. The van der Waals surface area contributed by atoms with E-state index in [-0.39, 0.29) is 35.8 Å². The molecule has 3 aromatic rings. The number of likely N-dealkylation sites (tertiary alicyclic amines) is 1. The second-order valence-electron chi connectivity index (χ2n) is 12.1. The lowest BCUT2D eigenvalue weighted by molar-refractivity contribution is -0.141. The molecule has 0 aromatic heterocycles. The summed E-state index contributed by atoms with van der Waals surface area (Å²) >= 11 is 0. The van der Waals surface area contributed by atoms with E-state index in [9.17, 15) is 24.3 Å². The summed E-state index contributed by atoms with van der Waals surface area (Å²) in [7, 11) is 0. The fourth-order valence-corrected chi connectivity index (χ4v) is 8.20. The molecule has 8 heteroatoms. The van der Waals surface area contributed by atoms with Crippen LogP contribution in [0, 0.1) is 30.6 Å². The molecule has 3 aromatic carbocycles. The van der Waals surface area contributed by atoms with Gasteiger partial charge in [-0.3, -0.25) is 29.5 Å². The number of hydrogen-bond donors (Lipinski definition) is 2. The van der Waals surface area contributed by atoms with Crippen molar-refractivity contribution in [1.29, 1.82) is 0 Å². The Balaban J connectivity index is 1.45. The number of carbonyl (C=O) groups is 4. The lowest BCUT2D eigenvalue weighted by atomic mass is 9.49. The van der Waals surface area contributed by atoms with Crippen molar-refractivity contribution in [1.82, 2.24) is 9.91 Å². The summed E-state index contributed by atoms with van der Waals surface area (Å²) < 4.78 is 0. The number of nitrogens with one attached hydrogen (secondary N) is 1. The van der Waals surface area contributed by atoms with Crippen molar-refractivity contribution >= 4 is 29.3 Å². The molecule has 1 saturated carbocycles. The van der Waals surface area contributed by atoms with Crippen LogP contribution in [0.15, 0.2) is 90.5 Å². The zero-order valence-corrected chi connectivity index (χ0v) is 24.1. The third-order valence-corrected chi connectivity index (χ3v) is 10.0. The van der Waals surface area contributed by atoms with E-state index in [4.69, 9.17) is 0 Å². The van der Waals surface area contributed by atoms with E-state index in [2.05, 4.69) is 5.43 Å². The Morgan fingerprint density at radius 2 is 1.63 bits per heavy atom. The number of phenols is 1. The van der Waals surface area contributed by atoms with Crippen LogP contribution >= 0.6 is 0 Å². The van der Waals surface area contributed by atoms with Crippen molar-refractivity contribution in [2.45, 2.75) is 38.0 Å². The molecule has 0 spiro atoms. The molecule has 2 saturated heterocycles. The Bertz CT molecular complexity index is 1680. The maximum absolute atomic E-state index is 15.0. The molecule has 2 aliphatic heterocycles. The van der Waals surface area contributed by atoms with E-state index in [0.29, 0.717) is 29.8 Å². The van der Waals surface area contributed by atoms with Gasteiger partial charge in [-0.15, -0.1) is 0 Å². The third kappa shape index (κ3) is 3.82. The van der Waals surface area contributed by atoms with Gasteiger partial charge in [0.2, 0.25) is 11.8 Å². The first-order chi connectivity index (χ1) is 20.8. The molecule has 8 nitrogen and oxygen atoms in total. The third-order valence-electron chi connectivity index (χ3n) is 10.0. The van der Waals surface area contributed by atoms with Crippen LogP contribution in [-0.4, -0.2) is 45.2 Å². The van der Waals surface area contributed by atoms with Crippen LogP contribution in [0.5, 0.6) is 5.75 Å². The number of hydrazine groups is 1. The summed E-state index contributed by atoms with van der Waals surface area (Å²) in [6.45, 7) is 4.06. The van der Waals surface area contributed by atoms with Crippen molar-refractivity contribution in [3.05, 3.63) is 107 Å². The summed E-state index contributed by atoms with van der Waals surface area (Å²) in [5.74, 6) is -4.02. The number of allylic oxidation sites excluding steroid dienone is 2. The standard InChI is InChI=1S/C35H33N3O5/c1-3-37-31(40)26-17-16-25-27(29(26)33(37)42)19-28-32(41)38(36-23-14-12-20(2)13-15-23)34(43)35(28,22-9-5-4-6-10-22)30(25)21-8-7-11-24(39)18-21/h4-16,18,26-30,36,39H,3,17,19H2,1-2H3/t26-,27+,28-,29-,30-,35+/m0/s1. The first kappa shape index (κ1) is 27.1. The average Bonchev–Trinajstić information content (AvgIpc) is 3.39. The van der Waals surface area contributed by atoms with E-state index in [0.717, 1.165) is 16.1 Å². The molecule has 6 atom stereocenters. The minimum atomic E-state index is -1.34. The highest BCUT2D eigenvalue weighted by Crippen LogP contribution is 2.64. The topological polar surface area (TPSA) is 107 Å². The van der Waals surface area contributed by atoms with Gasteiger partial charge in [-0.25, -0.2) is 0 Å². The van der Waals surface area contributed by atoms with E-state index >= 15 is 0 Å². The fraction of sp³-hybridized carbons (Fsp3) is 0.314. The average molecular weight is 576 g/mol. The number of aromatic hydroxyl groups is 1. The number of anilines is 1. The molecule has 43 heavy (non-hydrogen) atoms. The number of hydrogen-bond acceptors (Lipinski definition) is 6. The van der Waals surface area contributed by atoms with Crippen LogP contribution in [0.3, 0.4) is 0 Å². The summed E-state index contributed by atoms with van der Waals surface area (Å²) in [6, 6.07) is 23.7. The first-order valence-corrected chi connectivity index (χ1v) is 14.9. The van der Waals surface area contributed by atoms with Crippen LogP contribution in [0.2, 0.25) is 0 Å².